The molecule has 2 aromatic carbocycles. The Morgan fingerprint density at radius 1 is 1.02 bits per heavy atom. The van der Waals surface area contributed by atoms with E-state index in [1.165, 1.54) is 0 Å². The number of rotatable bonds is 9. The first-order valence-electron chi connectivity index (χ1n) is 13.5. The molecule has 0 atom stereocenters. The molecule has 1 aliphatic heterocycles. The molecule has 42 heavy (non-hydrogen) atoms. The summed E-state index contributed by atoms with van der Waals surface area (Å²) >= 11 is 0. The molecule has 0 radical (unpaired) electrons. The number of likely N-dealkylation sites (N-methyl/N-ethyl adjacent to an activating group) is 1. The minimum atomic E-state index is -3.85. The van der Waals surface area contributed by atoms with Crippen LogP contribution in [0.25, 0.3) is 11.3 Å². The summed E-state index contributed by atoms with van der Waals surface area (Å²) in [5, 5.41) is 2.84. The summed E-state index contributed by atoms with van der Waals surface area (Å²) in [5.74, 6) is 0.0319. The largest absolute Gasteiger partial charge is 0.382 e. The highest BCUT2D eigenvalue weighted by atomic mass is 32.2. The Hall–Kier alpha value is -4.39. The maximum atomic E-state index is 13.2. The lowest BCUT2D eigenvalue weighted by Crippen LogP contribution is -2.43. The summed E-state index contributed by atoms with van der Waals surface area (Å²) in [6.45, 7) is 4.39. The van der Waals surface area contributed by atoms with Gasteiger partial charge in [0.2, 0.25) is 5.95 Å². The van der Waals surface area contributed by atoms with E-state index >= 15 is 0 Å². The van der Waals surface area contributed by atoms with Gasteiger partial charge in [-0.15, -0.1) is 0 Å². The van der Waals surface area contributed by atoms with Crippen LogP contribution in [0.15, 0.2) is 79.3 Å². The van der Waals surface area contributed by atoms with Crippen LogP contribution in [-0.4, -0.2) is 85.6 Å². The number of nitrogens with zero attached hydrogens (tertiary/aromatic N) is 6. The topological polar surface area (TPSA) is 121 Å². The summed E-state index contributed by atoms with van der Waals surface area (Å²) in [5.41, 5.74) is 3.99. The van der Waals surface area contributed by atoms with Gasteiger partial charge in [0.25, 0.3) is 5.91 Å². The third-order valence-electron chi connectivity index (χ3n) is 6.95. The van der Waals surface area contributed by atoms with E-state index in [4.69, 9.17) is 4.18 Å². The van der Waals surface area contributed by atoms with Crippen molar-refractivity contribution < 1.29 is 17.4 Å². The number of piperazine rings is 1. The van der Waals surface area contributed by atoms with Crippen LogP contribution in [0, 0.1) is 0 Å². The first-order chi connectivity index (χ1) is 20.1. The fourth-order valence-electron chi connectivity index (χ4n) is 4.62. The van der Waals surface area contributed by atoms with Gasteiger partial charge in [-0.2, -0.15) is 8.42 Å². The third kappa shape index (κ3) is 7.46. The average Bonchev–Trinajstić information content (AvgIpc) is 2.98. The number of aromatic nitrogens is 3. The van der Waals surface area contributed by atoms with Gasteiger partial charge in [0.15, 0.2) is 5.75 Å². The van der Waals surface area contributed by atoms with Gasteiger partial charge in [0, 0.05) is 75.3 Å². The van der Waals surface area contributed by atoms with Crippen molar-refractivity contribution in [2.75, 3.05) is 56.7 Å². The highest BCUT2D eigenvalue weighted by Crippen LogP contribution is 2.27. The molecular formula is C30H33N7O4S. The lowest BCUT2D eigenvalue weighted by Gasteiger charge is -2.32. The predicted molar refractivity (Wildman–Crippen MR) is 162 cm³/mol. The van der Waals surface area contributed by atoms with Crippen molar-refractivity contribution in [3.8, 4) is 17.0 Å². The molecule has 1 amide bonds. The second kappa shape index (κ2) is 12.6. The monoisotopic (exact) mass is 587 g/mol. The Morgan fingerprint density at radius 2 is 1.79 bits per heavy atom. The minimum Gasteiger partial charge on any atom is -0.382 e. The molecule has 11 nitrogen and oxygen atoms in total. The van der Waals surface area contributed by atoms with Crippen molar-refractivity contribution in [1.82, 2.24) is 24.8 Å². The highest BCUT2D eigenvalue weighted by molar-refractivity contribution is 7.86. The normalized spacial score (nSPS) is 14.4. The zero-order valence-electron chi connectivity index (χ0n) is 23.8. The van der Waals surface area contributed by atoms with Gasteiger partial charge in [-0.05, 0) is 67.2 Å². The molecular weight excluding hydrogens is 554 g/mol. The van der Waals surface area contributed by atoms with Crippen molar-refractivity contribution in [2.24, 2.45) is 0 Å². The summed E-state index contributed by atoms with van der Waals surface area (Å²) in [7, 11) is 0.0982. The fraction of sp³-hybridized carbons (Fsp3) is 0.267. The summed E-state index contributed by atoms with van der Waals surface area (Å²) in [6.07, 6.45) is 6.12. The van der Waals surface area contributed by atoms with Crippen LogP contribution >= 0.6 is 0 Å². The maximum Gasteiger partial charge on any atom is 0.306 e. The third-order valence-corrected chi connectivity index (χ3v) is 7.43. The smallest absolute Gasteiger partial charge is 0.306 e. The second-order valence-electron chi connectivity index (χ2n) is 10.2. The summed E-state index contributed by atoms with van der Waals surface area (Å²) in [6, 6.07) is 17.9. The van der Waals surface area contributed by atoms with E-state index in [-0.39, 0.29) is 11.3 Å². The first kappa shape index (κ1) is 29.1. The molecule has 0 saturated carbocycles. The lowest BCUT2D eigenvalue weighted by atomic mass is 10.1. The average molecular weight is 588 g/mol. The molecule has 0 aliphatic carbocycles. The van der Waals surface area contributed by atoms with E-state index in [1.54, 1.807) is 42.9 Å². The summed E-state index contributed by atoms with van der Waals surface area (Å²) in [4.78, 5) is 32.8. The van der Waals surface area contributed by atoms with E-state index in [0.29, 0.717) is 18.2 Å². The molecule has 5 rings (SSSR count). The number of hydrogen-bond donors (Lipinski definition) is 1. The van der Waals surface area contributed by atoms with E-state index < -0.39 is 16.0 Å². The van der Waals surface area contributed by atoms with E-state index in [2.05, 4.69) is 37.1 Å². The maximum absolute atomic E-state index is 13.2. The van der Waals surface area contributed by atoms with Crippen molar-refractivity contribution in [2.45, 2.75) is 6.54 Å². The van der Waals surface area contributed by atoms with Crippen LogP contribution in [0.5, 0.6) is 5.75 Å². The molecule has 0 spiro atoms. The number of carbonyl (C=O) groups excluding carboxylic acids is 1. The number of amides is 1. The van der Waals surface area contributed by atoms with Crippen LogP contribution in [0.3, 0.4) is 0 Å². The SMILES string of the molecule is CN1CCN(Cc2ccc(C(=O)Nc3ccc(N(C)c4nccc(-c5cccnc5)n4)cc3)c(OS(C)(=O)=O)c2)CC1. The van der Waals surface area contributed by atoms with Crippen LogP contribution < -0.4 is 14.4 Å². The predicted octanol–water partition coefficient (Wildman–Crippen LogP) is 3.64. The number of anilines is 3. The van der Waals surface area contributed by atoms with Gasteiger partial charge in [-0.25, -0.2) is 9.97 Å². The Morgan fingerprint density at radius 3 is 2.48 bits per heavy atom. The highest BCUT2D eigenvalue weighted by Gasteiger charge is 2.20. The van der Waals surface area contributed by atoms with Crippen LogP contribution in [0.2, 0.25) is 0 Å². The summed E-state index contributed by atoms with van der Waals surface area (Å²) < 4.78 is 29.2. The van der Waals surface area contributed by atoms with Gasteiger partial charge in [-0.3, -0.25) is 14.7 Å². The number of carbonyl (C=O) groups is 1. The van der Waals surface area contributed by atoms with E-state index in [0.717, 1.165) is 54.9 Å². The first-order valence-corrected chi connectivity index (χ1v) is 15.3. The van der Waals surface area contributed by atoms with Gasteiger partial charge in [0.05, 0.1) is 17.5 Å². The Kier molecular flexibility index (Phi) is 8.76. The Balaban J connectivity index is 1.29. The molecule has 1 aliphatic rings. The van der Waals surface area contributed by atoms with Gasteiger partial charge in [-0.1, -0.05) is 6.07 Å². The van der Waals surface area contributed by atoms with Crippen molar-refractivity contribution in [1.29, 1.82) is 0 Å². The number of nitrogens with one attached hydrogen (secondary N) is 1. The van der Waals surface area contributed by atoms with Gasteiger partial charge >= 0.3 is 10.1 Å². The Bertz CT molecular complexity index is 1640. The molecule has 4 aromatic rings. The van der Waals surface area contributed by atoms with Crippen LogP contribution in [0.1, 0.15) is 15.9 Å². The molecule has 0 unspecified atom stereocenters. The quantitative estimate of drug-likeness (QED) is 0.291. The van der Waals surface area contributed by atoms with Crippen molar-refractivity contribution in [3.05, 3.63) is 90.4 Å². The Labute approximate surface area is 245 Å². The zero-order valence-corrected chi connectivity index (χ0v) is 24.6. The van der Waals surface area contributed by atoms with Crippen LogP contribution in [-0.2, 0) is 16.7 Å². The van der Waals surface area contributed by atoms with Crippen LogP contribution in [0.4, 0.5) is 17.3 Å². The zero-order chi connectivity index (χ0) is 29.7. The minimum absolute atomic E-state index is 0.00336. The van der Waals surface area contributed by atoms with Gasteiger partial charge in [0.1, 0.15) is 0 Å². The standard InChI is InChI=1S/C30H33N7O4S/c1-35-15-17-37(18-16-35)21-22-6-11-26(28(19-22)41-42(3,39)40)29(38)33-24-7-9-25(10-8-24)36(2)30-32-14-12-27(34-30)23-5-4-13-31-20-23/h4-14,19-20H,15-18,21H2,1-3H3,(H,33,38). The van der Waals surface area contributed by atoms with Gasteiger partial charge < -0.3 is 19.3 Å². The van der Waals surface area contributed by atoms with Crippen molar-refractivity contribution >= 4 is 33.3 Å². The van der Waals surface area contributed by atoms with E-state index in [9.17, 15) is 13.2 Å². The fourth-order valence-corrected chi connectivity index (χ4v) is 5.08. The number of pyridine rings is 1. The molecule has 1 saturated heterocycles. The molecule has 0 bridgehead atoms. The molecule has 3 heterocycles. The van der Waals surface area contributed by atoms with Crippen molar-refractivity contribution in [3.63, 3.8) is 0 Å². The number of benzene rings is 2. The lowest BCUT2D eigenvalue weighted by molar-refractivity contribution is 0.102. The molecule has 1 N–H and O–H groups in total. The molecule has 2 aromatic heterocycles. The second-order valence-corrected chi connectivity index (χ2v) is 11.8. The molecule has 1 fully saturated rings. The van der Waals surface area contributed by atoms with E-state index in [1.807, 2.05) is 48.3 Å². The number of hydrogen-bond acceptors (Lipinski definition) is 10. The molecule has 218 valence electrons. The molecule has 12 heteroatoms.